The molecule has 1 saturated carbocycles. The molecular weight excluding hydrogens is 232 g/mol. The van der Waals surface area contributed by atoms with Crippen LogP contribution in [0.4, 0.5) is 0 Å². The summed E-state index contributed by atoms with van der Waals surface area (Å²) in [5, 5.41) is 16.6. The van der Waals surface area contributed by atoms with Crippen molar-refractivity contribution in [1.29, 1.82) is 0 Å². The molecule has 1 amide bonds. The standard InChI is InChI=1S/C12H20N4O2/c17-11-4-2-1-3-10(11)7-14-12(18)5-6-16-9-13-8-15-16/h8-11,17H,1-7H2,(H,14,18). The quantitative estimate of drug-likeness (QED) is 0.791. The SMILES string of the molecule is O=C(CCn1cncn1)NCC1CCCCC1O. The average molecular weight is 252 g/mol. The molecule has 2 unspecified atom stereocenters. The summed E-state index contributed by atoms with van der Waals surface area (Å²) >= 11 is 0. The summed E-state index contributed by atoms with van der Waals surface area (Å²) in [6, 6.07) is 0. The van der Waals surface area contributed by atoms with Crippen LogP contribution in [0, 0.1) is 5.92 Å². The van der Waals surface area contributed by atoms with Crippen molar-refractivity contribution in [3.63, 3.8) is 0 Å². The smallest absolute Gasteiger partial charge is 0.221 e. The predicted octanol–water partition coefficient (Wildman–Crippen LogP) is 0.335. The summed E-state index contributed by atoms with van der Waals surface area (Å²) in [6.45, 7) is 1.12. The van der Waals surface area contributed by atoms with Crippen LogP contribution in [0.5, 0.6) is 0 Å². The number of amides is 1. The van der Waals surface area contributed by atoms with Crippen LogP contribution in [-0.2, 0) is 11.3 Å². The number of hydrogen-bond acceptors (Lipinski definition) is 4. The maximum atomic E-state index is 11.6. The van der Waals surface area contributed by atoms with Gasteiger partial charge in [-0.15, -0.1) is 0 Å². The van der Waals surface area contributed by atoms with Gasteiger partial charge in [-0.1, -0.05) is 12.8 Å². The zero-order valence-corrected chi connectivity index (χ0v) is 10.5. The van der Waals surface area contributed by atoms with Crippen molar-refractivity contribution in [2.75, 3.05) is 6.54 Å². The number of hydrogen-bond donors (Lipinski definition) is 2. The summed E-state index contributed by atoms with van der Waals surface area (Å²) in [4.78, 5) is 15.4. The Balaban J connectivity index is 1.65. The van der Waals surface area contributed by atoms with E-state index in [2.05, 4.69) is 15.4 Å². The van der Waals surface area contributed by atoms with Crippen LogP contribution in [0.2, 0.25) is 0 Å². The highest BCUT2D eigenvalue weighted by atomic mass is 16.3. The van der Waals surface area contributed by atoms with E-state index in [1.54, 1.807) is 11.0 Å². The van der Waals surface area contributed by atoms with E-state index >= 15 is 0 Å². The summed E-state index contributed by atoms with van der Waals surface area (Å²) in [5.74, 6) is 0.220. The monoisotopic (exact) mass is 252 g/mol. The first-order valence-electron chi connectivity index (χ1n) is 6.53. The minimum absolute atomic E-state index is 0.00303. The molecule has 6 heteroatoms. The number of aromatic nitrogens is 3. The zero-order valence-electron chi connectivity index (χ0n) is 10.5. The van der Waals surface area contributed by atoms with Crippen LogP contribution in [0.1, 0.15) is 32.1 Å². The lowest BCUT2D eigenvalue weighted by Crippen LogP contribution is -2.36. The third-order valence-corrected chi connectivity index (χ3v) is 3.46. The second-order valence-electron chi connectivity index (χ2n) is 4.82. The van der Waals surface area contributed by atoms with E-state index < -0.39 is 0 Å². The highest BCUT2D eigenvalue weighted by molar-refractivity contribution is 5.75. The van der Waals surface area contributed by atoms with E-state index in [9.17, 15) is 9.90 Å². The first-order chi connectivity index (χ1) is 8.75. The highest BCUT2D eigenvalue weighted by Crippen LogP contribution is 2.23. The van der Waals surface area contributed by atoms with Gasteiger partial charge in [-0.3, -0.25) is 9.48 Å². The molecule has 1 heterocycles. The Hall–Kier alpha value is -1.43. The summed E-state index contributed by atoms with van der Waals surface area (Å²) in [6.07, 6.45) is 7.30. The molecule has 2 atom stereocenters. The molecule has 0 bridgehead atoms. The van der Waals surface area contributed by atoms with Gasteiger partial charge in [0.2, 0.25) is 5.91 Å². The summed E-state index contributed by atoms with van der Waals surface area (Å²) < 4.78 is 1.63. The fourth-order valence-corrected chi connectivity index (χ4v) is 2.32. The molecule has 1 aromatic heterocycles. The maximum Gasteiger partial charge on any atom is 0.221 e. The normalized spacial score (nSPS) is 23.8. The molecule has 0 radical (unpaired) electrons. The number of carbonyl (C=O) groups is 1. The van der Waals surface area contributed by atoms with Crippen LogP contribution in [0.15, 0.2) is 12.7 Å². The minimum Gasteiger partial charge on any atom is -0.393 e. The lowest BCUT2D eigenvalue weighted by Gasteiger charge is -2.27. The summed E-state index contributed by atoms with van der Waals surface area (Å²) in [5.41, 5.74) is 0. The van der Waals surface area contributed by atoms with Crippen LogP contribution in [-0.4, -0.2) is 38.4 Å². The first-order valence-corrected chi connectivity index (χ1v) is 6.53. The molecule has 0 aromatic carbocycles. The highest BCUT2D eigenvalue weighted by Gasteiger charge is 2.23. The molecule has 2 N–H and O–H groups in total. The number of nitrogens with one attached hydrogen (secondary N) is 1. The van der Waals surface area contributed by atoms with Crippen molar-refractivity contribution >= 4 is 5.91 Å². The Morgan fingerprint density at radius 3 is 3.00 bits per heavy atom. The van der Waals surface area contributed by atoms with E-state index in [0.29, 0.717) is 19.5 Å². The van der Waals surface area contributed by atoms with E-state index in [1.807, 2.05) is 0 Å². The fraction of sp³-hybridized carbons (Fsp3) is 0.750. The van der Waals surface area contributed by atoms with Gasteiger partial charge in [-0.25, -0.2) is 4.98 Å². The van der Waals surface area contributed by atoms with E-state index in [0.717, 1.165) is 25.7 Å². The number of rotatable bonds is 5. The van der Waals surface area contributed by atoms with Crippen molar-refractivity contribution in [2.45, 2.75) is 44.8 Å². The van der Waals surface area contributed by atoms with Gasteiger partial charge < -0.3 is 10.4 Å². The maximum absolute atomic E-state index is 11.6. The van der Waals surface area contributed by atoms with Crippen molar-refractivity contribution in [3.05, 3.63) is 12.7 Å². The average Bonchev–Trinajstić information content (AvgIpc) is 2.88. The Bertz CT molecular complexity index is 366. The largest absolute Gasteiger partial charge is 0.393 e. The van der Waals surface area contributed by atoms with E-state index in [1.165, 1.54) is 6.33 Å². The number of nitrogens with zero attached hydrogens (tertiary/aromatic N) is 3. The molecule has 0 aliphatic heterocycles. The number of aryl methyl sites for hydroxylation is 1. The molecular formula is C12H20N4O2. The molecule has 2 rings (SSSR count). The predicted molar refractivity (Wildman–Crippen MR) is 65.6 cm³/mol. The fourth-order valence-electron chi connectivity index (χ4n) is 2.32. The Morgan fingerprint density at radius 1 is 1.44 bits per heavy atom. The Labute approximate surface area is 106 Å². The van der Waals surface area contributed by atoms with Gasteiger partial charge in [-0.05, 0) is 12.8 Å². The van der Waals surface area contributed by atoms with Crippen molar-refractivity contribution in [1.82, 2.24) is 20.1 Å². The topological polar surface area (TPSA) is 80.0 Å². The van der Waals surface area contributed by atoms with Crippen LogP contribution < -0.4 is 5.32 Å². The molecule has 100 valence electrons. The zero-order chi connectivity index (χ0) is 12.8. The van der Waals surface area contributed by atoms with Crippen LogP contribution in [0.3, 0.4) is 0 Å². The third-order valence-electron chi connectivity index (χ3n) is 3.46. The molecule has 0 spiro atoms. The van der Waals surface area contributed by atoms with Gasteiger partial charge >= 0.3 is 0 Å². The van der Waals surface area contributed by atoms with Gasteiger partial charge in [0.05, 0.1) is 12.6 Å². The second kappa shape index (κ2) is 6.49. The number of aliphatic hydroxyl groups is 1. The molecule has 6 nitrogen and oxygen atoms in total. The van der Waals surface area contributed by atoms with E-state index in [-0.39, 0.29) is 17.9 Å². The molecule has 1 aliphatic rings. The summed E-state index contributed by atoms with van der Waals surface area (Å²) in [7, 11) is 0. The lowest BCUT2D eigenvalue weighted by atomic mass is 9.86. The van der Waals surface area contributed by atoms with Gasteiger partial charge in [0, 0.05) is 18.9 Å². The Kier molecular flexibility index (Phi) is 4.69. The van der Waals surface area contributed by atoms with Gasteiger partial charge in [0.15, 0.2) is 0 Å². The first kappa shape index (κ1) is 13.0. The van der Waals surface area contributed by atoms with Crippen LogP contribution in [0.25, 0.3) is 0 Å². The van der Waals surface area contributed by atoms with Crippen molar-refractivity contribution in [3.8, 4) is 0 Å². The van der Waals surface area contributed by atoms with E-state index in [4.69, 9.17) is 0 Å². The van der Waals surface area contributed by atoms with Gasteiger partial charge in [-0.2, -0.15) is 5.10 Å². The molecule has 0 saturated heterocycles. The van der Waals surface area contributed by atoms with Gasteiger partial charge in [0.1, 0.15) is 12.7 Å². The van der Waals surface area contributed by atoms with Crippen molar-refractivity contribution in [2.24, 2.45) is 5.92 Å². The van der Waals surface area contributed by atoms with Crippen molar-refractivity contribution < 1.29 is 9.90 Å². The van der Waals surface area contributed by atoms with Gasteiger partial charge in [0.25, 0.3) is 0 Å². The third kappa shape index (κ3) is 3.80. The van der Waals surface area contributed by atoms with Crippen LogP contribution >= 0.6 is 0 Å². The molecule has 1 fully saturated rings. The molecule has 1 aromatic rings. The number of carbonyl (C=O) groups excluding carboxylic acids is 1. The second-order valence-corrected chi connectivity index (χ2v) is 4.82. The Morgan fingerprint density at radius 2 is 2.28 bits per heavy atom. The minimum atomic E-state index is -0.255. The lowest BCUT2D eigenvalue weighted by molar-refractivity contribution is -0.121. The molecule has 18 heavy (non-hydrogen) atoms. The number of aliphatic hydroxyl groups excluding tert-OH is 1. The molecule has 1 aliphatic carbocycles.